The molecule has 28 heavy (non-hydrogen) atoms. The van der Waals surface area contributed by atoms with Crippen molar-refractivity contribution >= 4 is 5.97 Å². The summed E-state index contributed by atoms with van der Waals surface area (Å²) < 4.78 is 5.24. The molecule has 0 aliphatic heterocycles. The third-order valence-electron chi connectivity index (χ3n) is 4.79. The highest BCUT2D eigenvalue weighted by Crippen LogP contribution is 2.27. The van der Waals surface area contributed by atoms with Crippen LogP contribution in [-0.2, 0) is 17.6 Å². The summed E-state index contributed by atoms with van der Waals surface area (Å²) in [6, 6.07) is 19.5. The Hall–Kier alpha value is -3.27. The number of aryl methyl sites for hydroxylation is 2. The zero-order chi connectivity index (χ0) is 20.1. The second-order valence-corrected chi connectivity index (χ2v) is 7.00. The number of hydrogen-bond donors (Lipinski definition) is 1. The Morgan fingerprint density at radius 3 is 2.25 bits per heavy atom. The van der Waals surface area contributed by atoms with Crippen molar-refractivity contribution < 1.29 is 19.7 Å². The number of hydrogen-bond acceptors (Lipinski definition) is 4. The maximum absolute atomic E-state index is 10.6. The fourth-order valence-corrected chi connectivity index (χ4v) is 3.37. The lowest BCUT2D eigenvalue weighted by molar-refractivity contribution is -0.307. The molecule has 0 aliphatic carbocycles. The highest BCUT2D eigenvalue weighted by Gasteiger charge is 2.10. The van der Waals surface area contributed by atoms with E-state index in [1.807, 2.05) is 68.4 Å². The number of carbonyl (C=O) groups is 1. The van der Waals surface area contributed by atoms with Crippen LogP contribution < -0.4 is 9.84 Å². The number of benzene rings is 3. The number of phenols is 1. The molecule has 3 aromatic rings. The standard InChI is InChI=1S/C24H24O4/c1-16-10-21(28-15-24(26)27)11-17(2)22(16)14-19-8-9-23(25)20(13-19)12-18-6-4-3-5-7-18/h3-11,13,25H,12,14-15H2,1-2H3,(H,26,27)/p-1. The van der Waals surface area contributed by atoms with E-state index in [0.717, 1.165) is 39.8 Å². The summed E-state index contributed by atoms with van der Waals surface area (Å²) in [7, 11) is 0. The molecular formula is C24H23O4-. The number of phenolic OH excluding ortho intramolecular Hbond substituents is 1. The maximum atomic E-state index is 10.6. The van der Waals surface area contributed by atoms with Crippen LogP contribution in [-0.4, -0.2) is 17.7 Å². The van der Waals surface area contributed by atoms with Gasteiger partial charge in [0, 0.05) is 6.42 Å². The van der Waals surface area contributed by atoms with Gasteiger partial charge in [0.15, 0.2) is 0 Å². The summed E-state index contributed by atoms with van der Waals surface area (Å²) in [6.45, 7) is 3.51. The third kappa shape index (κ3) is 4.92. The summed E-state index contributed by atoms with van der Waals surface area (Å²) in [4.78, 5) is 10.6. The van der Waals surface area contributed by atoms with Crippen LogP contribution in [0, 0.1) is 13.8 Å². The molecule has 3 rings (SSSR count). The summed E-state index contributed by atoms with van der Waals surface area (Å²) >= 11 is 0. The highest BCUT2D eigenvalue weighted by molar-refractivity contribution is 5.66. The predicted molar refractivity (Wildman–Crippen MR) is 107 cm³/mol. The van der Waals surface area contributed by atoms with Gasteiger partial charge in [-0.1, -0.05) is 42.5 Å². The molecule has 0 fully saturated rings. The molecule has 144 valence electrons. The molecule has 0 amide bonds. The smallest absolute Gasteiger partial charge is 0.128 e. The molecule has 4 heteroatoms. The zero-order valence-electron chi connectivity index (χ0n) is 16.1. The van der Waals surface area contributed by atoms with E-state index in [0.29, 0.717) is 17.9 Å². The molecule has 0 aromatic heterocycles. The summed E-state index contributed by atoms with van der Waals surface area (Å²) in [5, 5.41) is 20.8. The largest absolute Gasteiger partial charge is 0.546 e. The van der Waals surface area contributed by atoms with Gasteiger partial charge < -0.3 is 19.7 Å². The third-order valence-corrected chi connectivity index (χ3v) is 4.79. The Bertz CT molecular complexity index is 954. The molecule has 3 aromatic carbocycles. The lowest BCUT2D eigenvalue weighted by Gasteiger charge is -2.15. The molecule has 0 unspecified atom stereocenters. The Morgan fingerprint density at radius 2 is 1.61 bits per heavy atom. The molecular weight excluding hydrogens is 352 g/mol. The van der Waals surface area contributed by atoms with E-state index in [4.69, 9.17) is 4.74 Å². The van der Waals surface area contributed by atoms with Gasteiger partial charge in [-0.15, -0.1) is 0 Å². The van der Waals surface area contributed by atoms with Crippen molar-refractivity contribution in [2.45, 2.75) is 26.7 Å². The number of carbonyl (C=O) groups excluding carboxylic acids is 1. The van der Waals surface area contributed by atoms with E-state index in [9.17, 15) is 15.0 Å². The minimum Gasteiger partial charge on any atom is -0.546 e. The van der Waals surface area contributed by atoms with E-state index in [2.05, 4.69) is 0 Å². The minimum atomic E-state index is -1.24. The molecule has 4 nitrogen and oxygen atoms in total. The van der Waals surface area contributed by atoms with Gasteiger partial charge >= 0.3 is 0 Å². The first-order chi connectivity index (χ1) is 13.4. The second-order valence-electron chi connectivity index (χ2n) is 7.00. The van der Waals surface area contributed by atoms with Crippen LogP contribution in [0.5, 0.6) is 11.5 Å². The molecule has 0 saturated heterocycles. The lowest BCUT2D eigenvalue weighted by Crippen LogP contribution is -2.29. The molecule has 0 aliphatic rings. The van der Waals surface area contributed by atoms with E-state index in [-0.39, 0.29) is 0 Å². The Kier molecular flexibility index (Phi) is 5.99. The Balaban J connectivity index is 1.81. The van der Waals surface area contributed by atoms with Crippen molar-refractivity contribution in [3.63, 3.8) is 0 Å². The highest BCUT2D eigenvalue weighted by atomic mass is 16.5. The number of carboxylic acid groups (broad SMARTS) is 1. The first-order valence-corrected chi connectivity index (χ1v) is 9.20. The van der Waals surface area contributed by atoms with Crippen molar-refractivity contribution in [2.75, 3.05) is 6.61 Å². The fraction of sp³-hybridized carbons (Fsp3) is 0.208. The van der Waals surface area contributed by atoms with Gasteiger partial charge in [-0.05, 0) is 71.8 Å². The minimum absolute atomic E-state index is 0.298. The van der Waals surface area contributed by atoms with Crippen LogP contribution >= 0.6 is 0 Å². The number of ether oxygens (including phenoxy) is 1. The topological polar surface area (TPSA) is 69.6 Å². The van der Waals surface area contributed by atoms with Gasteiger partial charge in [0.05, 0.1) is 5.97 Å². The SMILES string of the molecule is Cc1cc(OCC(=O)[O-])cc(C)c1Cc1ccc(O)c(Cc2ccccc2)c1. The van der Waals surface area contributed by atoms with E-state index >= 15 is 0 Å². The van der Waals surface area contributed by atoms with Crippen LogP contribution in [0.4, 0.5) is 0 Å². The van der Waals surface area contributed by atoms with Crippen molar-refractivity contribution in [2.24, 2.45) is 0 Å². The van der Waals surface area contributed by atoms with Crippen LogP contribution in [0.1, 0.15) is 33.4 Å². The summed E-state index contributed by atoms with van der Waals surface area (Å²) in [5.74, 6) is -0.417. The fourth-order valence-electron chi connectivity index (χ4n) is 3.37. The molecule has 0 heterocycles. The zero-order valence-corrected chi connectivity index (χ0v) is 16.1. The quantitative estimate of drug-likeness (QED) is 0.688. The molecule has 1 N–H and O–H groups in total. The van der Waals surface area contributed by atoms with Crippen LogP contribution in [0.15, 0.2) is 60.7 Å². The molecule has 0 bridgehead atoms. The number of aliphatic carboxylic acids is 1. The van der Waals surface area contributed by atoms with E-state index in [1.54, 1.807) is 6.07 Å². The monoisotopic (exact) mass is 375 g/mol. The van der Waals surface area contributed by atoms with Gasteiger partial charge in [-0.25, -0.2) is 0 Å². The summed E-state index contributed by atoms with van der Waals surface area (Å²) in [6.07, 6.45) is 1.40. The second kappa shape index (κ2) is 8.61. The van der Waals surface area contributed by atoms with Crippen LogP contribution in [0.25, 0.3) is 0 Å². The van der Waals surface area contributed by atoms with Crippen molar-refractivity contribution in [3.05, 3.63) is 94.0 Å². The van der Waals surface area contributed by atoms with Crippen LogP contribution in [0.3, 0.4) is 0 Å². The normalized spacial score (nSPS) is 10.6. The first-order valence-electron chi connectivity index (χ1n) is 9.20. The lowest BCUT2D eigenvalue weighted by atomic mass is 9.93. The number of rotatable bonds is 7. The van der Waals surface area contributed by atoms with Gasteiger partial charge in [0.1, 0.15) is 18.1 Å². The Labute approximate surface area is 165 Å². The average Bonchev–Trinajstić information content (AvgIpc) is 2.66. The van der Waals surface area contributed by atoms with Crippen molar-refractivity contribution in [3.8, 4) is 11.5 Å². The maximum Gasteiger partial charge on any atom is 0.128 e. The van der Waals surface area contributed by atoms with Crippen molar-refractivity contribution in [1.29, 1.82) is 0 Å². The van der Waals surface area contributed by atoms with Gasteiger partial charge in [-0.2, -0.15) is 0 Å². The molecule has 0 radical (unpaired) electrons. The first kappa shape index (κ1) is 19.5. The predicted octanol–water partition coefficient (Wildman–Crippen LogP) is 3.32. The van der Waals surface area contributed by atoms with Crippen LogP contribution in [0.2, 0.25) is 0 Å². The summed E-state index contributed by atoms with van der Waals surface area (Å²) in [5.41, 5.74) is 6.39. The average molecular weight is 375 g/mol. The molecule has 0 atom stereocenters. The van der Waals surface area contributed by atoms with Crippen molar-refractivity contribution in [1.82, 2.24) is 0 Å². The van der Waals surface area contributed by atoms with Gasteiger partial charge in [-0.3, -0.25) is 0 Å². The van der Waals surface area contributed by atoms with E-state index in [1.165, 1.54) is 0 Å². The van der Waals surface area contributed by atoms with Gasteiger partial charge in [0.25, 0.3) is 0 Å². The molecule has 0 spiro atoms. The number of aromatic hydroxyl groups is 1. The molecule has 0 saturated carbocycles. The van der Waals surface area contributed by atoms with Gasteiger partial charge in [0.2, 0.25) is 0 Å². The Morgan fingerprint density at radius 1 is 0.929 bits per heavy atom. The number of carboxylic acids is 1. The van der Waals surface area contributed by atoms with E-state index < -0.39 is 12.6 Å².